The molecular weight excluding hydrogens is 386 g/mol. The average Bonchev–Trinajstić information content (AvgIpc) is 3.01. The number of carbonyl (C=O) groups is 2. The number of ketones is 1. The fraction of sp³-hybridized carbons (Fsp3) is 0.217. The Morgan fingerprint density at radius 3 is 2.37 bits per heavy atom. The van der Waals surface area contributed by atoms with Crippen LogP contribution in [0.4, 0.5) is 0 Å². The topological polar surface area (TPSA) is 107 Å². The van der Waals surface area contributed by atoms with Crippen LogP contribution in [0.15, 0.2) is 66.8 Å². The Morgan fingerprint density at radius 2 is 1.77 bits per heavy atom. The molecule has 1 aliphatic heterocycles. The number of Topliss-reactive ketones (excluding diaryl/α,β-unsaturated/α-hetero) is 1. The zero-order valence-electron chi connectivity index (χ0n) is 16.3. The number of hydrogen-bond donors (Lipinski definition) is 3. The highest BCUT2D eigenvalue weighted by Gasteiger charge is 2.45. The third kappa shape index (κ3) is 4.21. The Balaban J connectivity index is 2.05. The molecule has 156 valence electrons. The van der Waals surface area contributed by atoms with Crippen LogP contribution in [-0.4, -0.2) is 51.7 Å². The van der Waals surface area contributed by atoms with Gasteiger partial charge in [-0.15, -0.1) is 0 Å². The van der Waals surface area contributed by atoms with E-state index in [0.29, 0.717) is 23.5 Å². The molecule has 0 saturated carbocycles. The van der Waals surface area contributed by atoms with Gasteiger partial charge in [-0.25, -0.2) is 0 Å². The predicted octanol–water partition coefficient (Wildman–Crippen LogP) is 2.76. The van der Waals surface area contributed by atoms with Gasteiger partial charge in [-0.3, -0.25) is 9.59 Å². The maximum Gasteiger partial charge on any atom is 0.295 e. The van der Waals surface area contributed by atoms with Crippen molar-refractivity contribution in [2.75, 3.05) is 19.8 Å². The fourth-order valence-corrected chi connectivity index (χ4v) is 3.37. The van der Waals surface area contributed by atoms with E-state index in [9.17, 15) is 24.9 Å². The highest BCUT2D eigenvalue weighted by atomic mass is 16.5. The standard InChI is InChI=1S/C23H23NO6/c1-2-14-30-18-10-6-16(7-11-18)21(27)19-20(15-4-8-17(26)9-5-15)24(12-3-13-25)23(29)22(19)28/h2,4-11,20,25-27H,1,3,12-14H2. The number of phenolic OH excluding ortho intramolecular Hbond substituents is 1. The van der Waals surface area contributed by atoms with E-state index in [0.717, 1.165) is 0 Å². The maximum atomic E-state index is 12.8. The van der Waals surface area contributed by atoms with Crippen LogP contribution in [-0.2, 0) is 9.59 Å². The third-order valence-corrected chi connectivity index (χ3v) is 4.80. The van der Waals surface area contributed by atoms with Gasteiger partial charge in [-0.05, 0) is 48.4 Å². The van der Waals surface area contributed by atoms with Crippen LogP contribution in [0.2, 0.25) is 0 Å². The lowest BCUT2D eigenvalue weighted by Gasteiger charge is -2.25. The van der Waals surface area contributed by atoms with Crippen molar-refractivity contribution in [2.45, 2.75) is 12.5 Å². The molecular formula is C23H23NO6. The smallest absolute Gasteiger partial charge is 0.295 e. The van der Waals surface area contributed by atoms with E-state index in [2.05, 4.69) is 6.58 Å². The SMILES string of the molecule is C=CCOc1ccc(C(O)=C2C(=O)C(=O)N(CCCO)C2c2ccc(O)cc2)cc1. The molecule has 1 amide bonds. The highest BCUT2D eigenvalue weighted by Crippen LogP contribution is 2.39. The number of likely N-dealkylation sites (tertiary alicyclic amines) is 1. The lowest BCUT2D eigenvalue weighted by molar-refractivity contribution is -0.140. The quantitative estimate of drug-likeness (QED) is 0.268. The third-order valence-electron chi connectivity index (χ3n) is 4.80. The molecule has 0 bridgehead atoms. The zero-order chi connectivity index (χ0) is 21.7. The normalized spacial score (nSPS) is 17.9. The number of benzene rings is 2. The van der Waals surface area contributed by atoms with Crippen molar-refractivity contribution >= 4 is 17.4 Å². The summed E-state index contributed by atoms with van der Waals surface area (Å²) in [6.45, 7) is 3.93. The fourth-order valence-electron chi connectivity index (χ4n) is 3.37. The molecule has 1 heterocycles. The number of phenols is 1. The molecule has 2 aromatic rings. The molecule has 2 aromatic carbocycles. The van der Waals surface area contributed by atoms with E-state index in [1.165, 1.54) is 17.0 Å². The molecule has 1 atom stereocenters. The van der Waals surface area contributed by atoms with Gasteiger partial charge in [-0.1, -0.05) is 24.8 Å². The molecule has 3 N–H and O–H groups in total. The molecule has 1 aliphatic rings. The van der Waals surface area contributed by atoms with E-state index in [4.69, 9.17) is 4.74 Å². The Bertz CT molecular complexity index is 962. The molecule has 0 spiro atoms. The van der Waals surface area contributed by atoms with Gasteiger partial charge in [0.1, 0.15) is 23.9 Å². The summed E-state index contributed by atoms with van der Waals surface area (Å²) in [6.07, 6.45) is 1.90. The van der Waals surface area contributed by atoms with E-state index in [1.807, 2.05) is 0 Å². The number of amides is 1. The van der Waals surface area contributed by atoms with Gasteiger partial charge < -0.3 is 25.0 Å². The minimum absolute atomic E-state index is 0.0385. The summed E-state index contributed by atoms with van der Waals surface area (Å²) in [7, 11) is 0. The van der Waals surface area contributed by atoms with Crippen LogP contribution in [0.5, 0.6) is 11.5 Å². The first-order valence-electron chi connectivity index (χ1n) is 9.50. The Kier molecular flexibility index (Phi) is 6.54. The van der Waals surface area contributed by atoms with Gasteiger partial charge in [-0.2, -0.15) is 0 Å². The van der Waals surface area contributed by atoms with Crippen molar-refractivity contribution in [3.8, 4) is 11.5 Å². The number of carbonyl (C=O) groups excluding carboxylic acids is 2. The van der Waals surface area contributed by atoms with Crippen molar-refractivity contribution in [3.63, 3.8) is 0 Å². The van der Waals surface area contributed by atoms with Crippen molar-refractivity contribution in [1.29, 1.82) is 0 Å². The van der Waals surface area contributed by atoms with Crippen LogP contribution in [0, 0.1) is 0 Å². The van der Waals surface area contributed by atoms with Gasteiger partial charge in [0.2, 0.25) is 0 Å². The number of hydrogen-bond acceptors (Lipinski definition) is 6. The average molecular weight is 409 g/mol. The van der Waals surface area contributed by atoms with Crippen LogP contribution in [0.25, 0.3) is 5.76 Å². The first kappa shape index (κ1) is 21.1. The number of aliphatic hydroxyl groups is 2. The molecule has 1 saturated heterocycles. The van der Waals surface area contributed by atoms with Crippen LogP contribution in [0.3, 0.4) is 0 Å². The van der Waals surface area contributed by atoms with E-state index in [1.54, 1.807) is 42.5 Å². The van der Waals surface area contributed by atoms with Gasteiger partial charge in [0.05, 0.1) is 11.6 Å². The van der Waals surface area contributed by atoms with Crippen LogP contribution >= 0.6 is 0 Å². The van der Waals surface area contributed by atoms with E-state index in [-0.39, 0.29) is 36.7 Å². The molecule has 1 fully saturated rings. The van der Waals surface area contributed by atoms with E-state index >= 15 is 0 Å². The van der Waals surface area contributed by atoms with Gasteiger partial charge >= 0.3 is 0 Å². The number of nitrogens with zero attached hydrogens (tertiary/aromatic N) is 1. The molecule has 3 rings (SSSR count). The first-order chi connectivity index (χ1) is 14.5. The summed E-state index contributed by atoms with van der Waals surface area (Å²) in [5.41, 5.74) is 0.894. The summed E-state index contributed by atoms with van der Waals surface area (Å²) in [5, 5.41) is 29.7. The number of rotatable bonds is 8. The lowest BCUT2D eigenvalue weighted by Crippen LogP contribution is -2.31. The summed E-state index contributed by atoms with van der Waals surface area (Å²) < 4.78 is 5.42. The van der Waals surface area contributed by atoms with Crippen molar-refractivity contribution in [2.24, 2.45) is 0 Å². The lowest BCUT2D eigenvalue weighted by atomic mass is 9.95. The second kappa shape index (κ2) is 9.28. The second-order valence-corrected chi connectivity index (χ2v) is 6.79. The molecule has 0 aliphatic carbocycles. The van der Waals surface area contributed by atoms with Crippen LogP contribution in [0.1, 0.15) is 23.6 Å². The second-order valence-electron chi connectivity index (χ2n) is 6.79. The van der Waals surface area contributed by atoms with Gasteiger partial charge in [0.25, 0.3) is 11.7 Å². The van der Waals surface area contributed by atoms with Crippen molar-refractivity contribution in [1.82, 2.24) is 4.90 Å². The summed E-state index contributed by atoms with van der Waals surface area (Å²) >= 11 is 0. The van der Waals surface area contributed by atoms with E-state index < -0.39 is 17.7 Å². The Morgan fingerprint density at radius 1 is 1.10 bits per heavy atom. The molecule has 1 unspecified atom stereocenters. The number of aromatic hydroxyl groups is 1. The van der Waals surface area contributed by atoms with Crippen LogP contribution < -0.4 is 4.74 Å². The highest BCUT2D eigenvalue weighted by molar-refractivity contribution is 6.46. The summed E-state index contributed by atoms with van der Waals surface area (Å²) in [4.78, 5) is 26.8. The molecule has 0 aromatic heterocycles. The minimum atomic E-state index is -0.825. The molecule has 0 radical (unpaired) electrons. The summed E-state index contributed by atoms with van der Waals surface area (Å²) in [5.74, 6) is -1.22. The summed E-state index contributed by atoms with van der Waals surface area (Å²) in [6, 6.07) is 11.8. The maximum absolute atomic E-state index is 12.8. The predicted molar refractivity (Wildman–Crippen MR) is 111 cm³/mol. The largest absolute Gasteiger partial charge is 0.508 e. The number of aliphatic hydroxyl groups excluding tert-OH is 2. The Labute approximate surface area is 174 Å². The number of ether oxygens (including phenoxy) is 1. The monoisotopic (exact) mass is 409 g/mol. The van der Waals surface area contributed by atoms with Gasteiger partial charge in [0.15, 0.2) is 0 Å². The van der Waals surface area contributed by atoms with Crippen molar-refractivity contribution < 1.29 is 29.6 Å². The molecule has 30 heavy (non-hydrogen) atoms. The molecule has 7 nitrogen and oxygen atoms in total. The zero-order valence-corrected chi connectivity index (χ0v) is 16.3. The van der Waals surface area contributed by atoms with Gasteiger partial charge in [0, 0.05) is 18.7 Å². The first-order valence-corrected chi connectivity index (χ1v) is 9.50. The minimum Gasteiger partial charge on any atom is -0.508 e. The Hall–Kier alpha value is -3.58. The van der Waals surface area contributed by atoms with Crippen molar-refractivity contribution in [3.05, 3.63) is 77.9 Å². The molecule has 7 heteroatoms.